The first-order chi connectivity index (χ1) is 10.1. The second kappa shape index (κ2) is 7.06. The molecule has 0 aliphatic carbocycles. The average molecular weight is 291 g/mol. The number of amides is 2. The molecule has 2 heterocycles. The summed E-state index contributed by atoms with van der Waals surface area (Å²) in [6, 6.07) is 3.05. The van der Waals surface area contributed by atoms with Gasteiger partial charge in [-0.05, 0) is 36.8 Å². The van der Waals surface area contributed by atoms with E-state index < -0.39 is 5.97 Å². The lowest BCUT2D eigenvalue weighted by atomic mass is 10.0. The monoisotopic (exact) mass is 291 g/mol. The van der Waals surface area contributed by atoms with Crippen LogP contribution < -0.4 is 5.32 Å². The molecule has 2 rings (SSSR count). The van der Waals surface area contributed by atoms with Crippen LogP contribution in [-0.4, -0.2) is 40.1 Å². The van der Waals surface area contributed by atoms with E-state index in [-0.39, 0.29) is 11.7 Å². The van der Waals surface area contributed by atoms with Crippen molar-refractivity contribution in [3.63, 3.8) is 0 Å². The number of likely N-dealkylation sites (tertiary alicyclic amines) is 1. The van der Waals surface area contributed by atoms with Gasteiger partial charge < -0.3 is 15.3 Å². The zero-order valence-corrected chi connectivity index (χ0v) is 12.2. The van der Waals surface area contributed by atoms with Crippen molar-refractivity contribution in [2.75, 3.05) is 13.1 Å². The van der Waals surface area contributed by atoms with E-state index in [2.05, 4.69) is 17.2 Å². The summed E-state index contributed by atoms with van der Waals surface area (Å²) in [6.45, 7) is 4.17. The van der Waals surface area contributed by atoms with E-state index in [0.717, 1.165) is 31.5 Å². The van der Waals surface area contributed by atoms with Crippen LogP contribution in [0.25, 0.3) is 0 Å². The molecule has 1 aromatic heterocycles. The van der Waals surface area contributed by atoms with Gasteiger partial charge in [-0.2, -0.15) is 0 Å². The Kier molecular flexibility index (Phi) is 5.14. The maximum absolute atomic E-state index is 12.1. The molecule has 21 heavy (non-hydrogen) atoms. The van der Waals surface area contributed by atoms with Gasteiger partial charge in [0.1, 0.15) is 5.69 Å². The van der Waals surface area contributed by atoms with Gasteiger partial charge in [-0.15, -0.1) is 0 Å². The molecule has 1 saturated heterocycles. The molecule has 1 aliphatic rings. The van der Waals surface area contributed by atoms with Crippen LogP contribution >= 0.6 is 0 Å². The standard InChI is InChI=1S/C15H21N3O3/c1-11-3-2-7-18(8-6-11)15(21)17-10-12-4-5-13(14(19)20)16-9-12/h4-5,9,11H,2-3,6-8,10H2,1H3,(H,17,21)(H,19,20). The number of carboxylic acids is 1. The van der Waals surface area contributed by atoms with Crippen LogP contribution in [0.5, 0.6) is 0 Å². The van der Waals surface area contributed by atoms with Gasteiger partial charge in [-0.1, -0.05) is 13.0 Å². The Hall–Kier alpha value is -2.11. The van der Waals surface area contributed by atoms with Crippen LogP contribution in [0.1, 0.15) is 42.2 Å². The zero-order valence-electron chi connectivity index (χ0n) is 12.2. The Balaban J connectivity index is 1.84. The molecule has 1 atom stereocenters. The lowest BCUT2D eigenvalue weighted by Crippen LogP contribution is -2.40. The van der Waals surface area contributed by atoms with E-state index in [9.17, 15) is 9.59 Å². The number of nitrogens with zero attached hydrogens (tertiary/aromatic N) is 2. The van der Waals surface area contributed by atoms with Crippen molar-refractivity contribution >= 4 is 12.0 Å². The van der Waals surface area contributed by atoms with E-state index in [4.69, 9.17) is 5.11 Å². The third-order valence-corrected chi connectivity index (χ3v) is 3.79. The lowest BCUT2D eigenvalue weighted by molar-refractivity contribution is 0.0690. The highest BCUT2D eigenvalue weighted by molar-refractivity contribution is 5.85. The molecule has 6 heteroatoms. The molecule has 2 amide bonds. The van der Waals surface area contributed by atoms with E-state index >= 15 is 0 Å². The van der Waals surface area contributed by atoms with Gasteiger partial charge in [0.15, 0.2) is 0 Å². The van der Waals surface area contributed by atoms with Crippen molar-refractivity contribution in [1.29, 1.82) is 0 Å². The third kappa shape index (κ3) is 4.44. The number of hydrogen-bond donors (Lipinski definition) is 2. The second-order valence-corrected chi connectivity index (χ2v) is 5.54. The average Bonchev–Trinajstić information content (AvgIpc) is 2.70. The number of carboxylic acid groups (broad SMARTS) is 1. The minimum absolute atomic E-state index is 0.00609. The fourth-order valence-corrected chi connectivity index (χ4v) is 2.41. The van der Waals surface area contributed by atoms with Crippen LogP contribution in [0.4, 0.5) is 4.79 Å². The quantitative estimate of drug-likeness (QED) is 0.893. The van der Waals surface area contributed by atoms with Gasteiger partial charge in [0.2, 0.25) is 0 Å². The summed E-state index contributed by atoms with van der Waals surface area (Å²) in [5, 5.41) is 11.6. The molecule has 0 spiro atoms. The number of aromatic carboxylic acids is 1. The fraction of sp³-hybridized carbons (Fsp3) is 0.533. The highest BCUT2D eigenvalue weighted by Crippen LogP contribution is 2.16. The van der Waals surface area contributed by atoms with Crippen molar-refractivity contribution in [1.82, 2.24) is 15.2 Å². The topological polar surface area (TPSA) is 82.5 Å². The van der Waals surface area contributed by atoms with Gasteiger partial charge >= 0.3 is 12.0 Å². The Morgan fingerprint density at radius 1 is 1.38 bits per heavy atom. The van der Waals surface area contributed by atoms with Gasteiger partial charge in [0.05, 0.1) is 0 Å². The predicted molar refractivity (Wildman–Crippen MR) is 78.0 cm³/mol. The Labute approximate surface area is 124 Å². The summed E-state index contributed by atoms with van der Waals surface area (Å²) >= 11 is 0. The number of rotatable bonds is 3. The number of carbonyl (C=O) groups excluding carboxylic acids is 1. The van der Waals surface area contributed by atoms with Crippen LogP contribution in [-0.2, 0) is 6.54 Å². The molecule has 1 fully saturated rings. The maximum Gasteiger partial charge on any atom is 0.354 e. The third-order valence-electron chi connectivity index (χ3n) is 3.79. The summed E-state index contributed by atoms with van der Waals surface area (Å²) in [5.41, 5.74) is 0.795. The number of hydrogen-bond acceptors (Lipinski definition) is 3. The van der Waals surface area contributed by atoms with Crippen LogP contribution in [0, 0.1) is 5.92 Å². The summed E-state index contributed by atoms with van der Waals surface area (Å²) in [7, 11) is 0. The molecule has 1 aromatic rings. The first-order valence-electron chi connectivity index (χ1n) is 7.27. The molecule has 6 nitrogen and oxygen atoms in total. The summed E-state index contributed by atoms with van der Waals surface area (Å²) in [5.74, 6) is -0.375. The van der Waals surface area contributed by atoms with Gasteiger partial charge in [-0.25, -0.2) is 14.6 Å². The van der Waals surface area contributed by atoms with Crippen molar-refractivity contribution in [3.05, 3.63) is 29.6 Å². The number of aromatic nitrogens is 1. The minimum atomic E-state index is -1.05. The molecule has 114 valence electrons. The number of pyridine rings is 1. The van der Waals surface area contributed by atoms with Gasteiger partial charge in [-0.3, -0.25) is 0 Å². The normalized spacial score (nSPS) is 18.9. The van der Waals surface area contributed by atoms with Gasteiger partial charge in [0, 0.05) is 25.8 Å². The second-order valence-electron chi connectivity index (χ2n) is 5.54. The van der Waals surface area contributed by atoms with Crippen molar-refractivity contribution < 1.29 is 14.7 Å². The smallest absolute Gasteiger partial charge is 0.354 e. The first-order valence-corrected chi connectivity index (χ1v) is 7.27. The number of carbonyl (C=O) groups is 2. The molecule has 0 saturated carbocycles. The fourth-order valence-electron chi connectivity index (χ4n) is 2.41. The minimum Gasteiger partial charge on any atom is -0.477 e. The maximum atomic E-state index is 12.1. The first kappa shape index (κ1) is 15.3. The van der Waals surface area contributed by atoms with E-state index in [0.29, 0.717) is 12.5 Å². The molecular weight excluding hydrogens is 270 g/mol. The summed E-state index contributed by atoms with van der Waals surface area (Å²) in [6.07, 6.45) is 4.74. The predicted octanol–water partition coefficient (Wildman–Crippen LogP) is 2.11. The summed E-state index contributed by atoms with van der Waals surface area (Å²) < 4.78 is 0. The van der Waals surface area contributed by atoms with E-state index in [1.165, 1.54) is 18.7 Å². The van der Waals surface area contributed by atoms with Crippen LogP contribution in [0.3, 0.4) is 0 Å². The highest BCUT2D eigenvalue weighted by Gasteiger charge is 2.18. The Morgan fingerprint density at radius 2 is 2.19 bits per heavy atom. The SMILES string of the molecule is CC1CCCN(C(=O)NCc2ccc(C(=O)O)nc2)CC1. The van der Waals surface area contributed by atoms with Crippen LogP contribution in [0.15, 0.2) is 18.3 Å². The Bertz CT molecular complexity index is 501. The molecule has 0 bridgehead atoms. The molecule has 0 aromatic carbocycles. The number of nitrogens with one attached hydrogen (secondary N) is 1. The lowest BCUT2D eigenvalue weighted by Gasteiger charge is -2.21. The number of urea groups is 1. The van der Waals surface area contributed by atoms with E-state index in [1.54, 1.807) is 6.07 Å². The van der Waals surface area contributed by atoms with E-state index in [1.807, 2.05) is 4.90 Å². The van der Waals surface area contributed by atoms with Crippen molar-refractivity contribution in [2.45, 2.75) is 32.7 Å². The molecule has 1 unspecified atom stereocenters. The zero-order chi connectivity index (χ0) is 15.2. The Morgan fingerprint density at radius 3 is 2.86 bits per heavy atom. The molecule has 1 aliphatic heterocycles. The van der Waals surface area contributed by atoms with Crippen LogP contribution in [0.2, 0.25) is 0 Å². The highest BCUT2D eigenvalue weighted by atomic mass is 16.4. The molecule has 0 radical (unpaired) electrons. The van der Waals surface area contributed by atoms with Crippen molar-refractivity contribution in [3.8, 4) is 0 Å². The van der Waals surface area contributed by atoms with Gasteiger partial charge in [0.25, 0.3) is 0 Å². The van der Waals surface area contributed by atoms with Crippen molar-refractivity contribution in [2.24, 2.45) is 5.92 Å². The molecule has 2 N–H and O–H groups in total. The summed E-state index contributed by atoms with van der Waals surface area (Å²) in [4.78, 5) is 28.5. The molecular formula is C15H21N3O3. The largest absolute Gasteiger partial charge is 0.477 e.